The van der Waals surface area contributed by atoms with Gasteiger partial charge in [0, 0.05) is 13.1 Å². The van der Waals surface area contributed by atoms with Crippen LogP contribution in [0.4, 0.5) is 5.82 Å². The molecule has 1 aromatic heterocycles. The van der Waals surface area contributed by atoms with E-state index in [1.54, 1.807) is 12.4 Å². The smallest absolute Gasteiger partial charge is 0.147 e. The molecule has 1 rings (SSSR count). The third-order valence-corrected chi connectivity index (χ3v) is 2.99. The van der Waals surface area contributed by atoms with Gasteiger partial charge in [0.05, 0.1) is 12.4 Å². The van der Waals surface area contributed by atoms with Gasteiger partial charge in [0.15, 0.2) is 0 Å². The third-order valence-electron chi connectivity index (χ3n) is 2.78. The lowest BCUT2D eigenvalue weighted by molar-refractivity contribution is 0.670. The monoisotopic (exact) mass is 266 g/mol. The molecule has 0 bridgehead atoms. The van der Waals surface area contributed by atoms with Crippen LogP contribution < -0.4 is 10.6 Å². The maximum absolute atomic E-state index is 5.52. The van der Waals surface area contributed by atoms with Gasteiger partial charge in [-0.3, -0.25) is 0 Å². The molecule has 5 heteroatoms. The molecule has 0 radical (unpaired) electrons. The van der Waals surface area contributed by atoms with Gasteiger partial charge in [0.2, 0.25) is 0 Å². The Morgan fingerprint density at radius 3 is 2.17 bits per heavy atom. The first-order valence-corrected chi connectivity index (χ1v) is 6.96. The standard InChI is InChI=1S/C13H22N4S/c1-3-5-7-17(8-6-4-2)12-10-15-11(9-16-12)13(14)18/h9-10H,3-8H2,1-2H3,(H2,14,18). The second kappa shape index (κ2) is 7.97. The van der Waals surface area contributed by atoms with Crippen LogP contribution in [0.15, 0.2) is 12.4 Å². The van der Waals surface area contributed by atoms with Crippen LogP contribution >= 0.6 is 12.2 Å². The Labute approximate surface area is 115 Å². The van der Waals surface area contributed by atoms with Crippen molar-refractivity contribution in [1.82, 2.24) is 9.97 Å². The van der Waals surface area contributed by atoms with Crippen LogP contribution in [0.1, 0.15) is 45.2 Å². The SMILES string of the molecule is CCCCN(CCCC)c1cnc(C(N)=S)cn1. The average molecular weight is 266 g/mol. The number of hydrogen-bond acceptors (Lipinski definition) is 4. The van der Waals surface area contributed by atoms with Gasteiger partial charge in [-0.15, -0.1) is 0 Å². The average Bonchev–Trinajstić information content (AvgIpc) is 2.39. The minimum absolute atomic E-state index is 0.294. The molecule has 0 atom stereocenters. The van der Waals surface area contributed by atoms with Crippen LogP contribution in [0.2, 0.25) is 0 Å². The summed E-state index contributed by atoms with van der Waals surface area (Å²) in [7, 11) is 0. The van der Waals surface area contributed by atoms with E-state index in [0.717, 1.165) is 18.9 Å². The van der Waals surface area contributed by atoms with Gasteiger partial charge in [-0.2, -0.15) is 0 Å². The van der Waals surface area contributed by atoms with Crippen LogP contribution in [0, 0.1) is 0 Å². The van der Waals surface area contributed by atoms with Crippen molar-refractivity contribution in [3.05, 3.63) is 18.1 Å². The predicted molar refractivity (Wildman–Crippen MR) is 79.9 cm³/mol. The Hall–Kier alpha value is -1.23. The quantitative estimate of drug-likeness (QED) is 0.733. The second-order valence-corrected chi connectivity index (χ2v) is 4.76. The number of nitrogens with zero attached hydrogens (tertiary/aromatic N) is 3. The lowest BCUT2D eigenvalue weighted by atomic mass is 10.2. The Balaban J connectivity index is 2.73. The normalized spacial score (nSPS) is 10.3. The molecule has 1 heterocycles. The zero-order valence-corrected chi connectivity index (χ0v) is 12.0. The first-order valence-electron chi connectivity index (χ1n) is 6.55. The summed E-state index contributed by atoms with van der Waals surface area (Å²) in [5.74, 6) is 0.914. The van der Waals surface area contributed by atoms with E-state index in [1.807, 2.05) is 0 Å². The number of anilines is 1. The van der Waals surface area contributed by atoms with Gasteiger partial charge >= 0.3 is 0 Å². The summed E-state index contributed by atoms with van der Waals surface area (Å²) in [6, 6.07) is 0. The summed E-state index contributed by atoms with van der Waals surface area (Å²) >= 11 is 4.87. The van der Waals surface area contributed by atoms with Crippen molar-refractivity contribution in [3.8, 4) is 0 Å². The van der Waals surface area contributed by atoms with E-state index in [-0.39, 0.29) is 0 Å². The van der Waals surface area contributed by atoms with Crippen LogP contribution in [0.25, 0.3) is 0 Å². The largest absolute Gasteiger partial charge is 0.388 e. The molecule has 18 heavy (non-hydrogen) atoms. The van der Waals surface area contributed by atoms with Crippen molar-refractivity contribution < 1.29 is 0 Å². The zero-order valence-electron chi connectivity index (χ0n) is 11.2. The molecule has 0 aliphatic heterocycles. The summed E-state index contributed by atoms with van der Waals surface area (Å²) in [6.07, 6.45) is 8.12. The van der Waals surface area contributed by atoms with E-state index >= 15 is 0 Å². The highest BCUT2D eigenvalue weighted by molar-refractivity contribution is 7.80. The zero-order chi connectivity index (χ0) is 13.4. The Morgan fingerprint density at radius 2 is 1.78 bits per heavy atom. The van der Waals surface area contributed by atoms with Gasteiger partial charge in [-0.05, 0) is 12.8 Å². The van der Waals surface area contributed by atoms with Gasteiger partial charge in [0.25, 0.3) is 0 Å². The van der Waals surface area contributed by atoms with Crippen molar-refractivity contribution >= 4 is 23.0 Å². The third kappa shape index (κ3) is 4.56. The van der Waals surface area contributed by atoms with Crippen molar-refractivity contribution in [2.75, 3.05) is 18.0 Å². The molecule has 0 unspecified atom stereocenters. The predicted octanol–water partition coefficient (Wildman–Crippen LogP) is 2.52. The topological polar surface area (TPSA) is 55.0 Å². The summed E-state index contributed by atoms with van der Waals surface area (Å²) in [6.45, 7) is 6.44. The van der Waals surface area contributed by atoms with E-state index in [2.05, 4.69) is 28.7 Å². The highest BCUT2D eigenvalue weighted by Crippen LogP contribution is 2.11. The highest BCUT2D eigenvalue weighted by Gasteiger charge is 2.08. The van der Waals surface area contributed by atoms with Crippen molar-refractivity contribution in [2.24, 2.45) is 5.73 Å². The molecule has 0 fully saturated rings. The first kappa shape index (κ1) is 14.8. The van der Waals surface area contributed by atoms with Gasteiger partial charge in [-0.25, -0.2) is 9.97 Å². The molecule has 0 aromatic carbocycles. The molecule has 0 amide bonds. The Kier molecular flexibility index (Phi) is 6.57. The summed E-state index contributed by atoms with van der Waals surface area (Å²) in [5.41, 5.74) is 6.10. The molecule has 0 aliphatic rings. The Bertz CT molecular complexity index is 356. The molecule has 100 valence electrons. The maximum Gasteiger partial charge on any atom is 0.147 e. The van der Waals surface area contributed by atoms with E-state index in [1.165, 1.54) is 25.7 Å². The Morgan fingerprint density at radius 1 is 1.17 bits per heavy atom. The number of thiocarbonyl (C=S) groups is 1. The van der Waals surface area contributed by atoms with Crippen molar-refractivity contribution in [2.45, 2.75) is 39.5 Å². The highest BCUT2D eigenvalue weighted by atomic mass is 32.1. The summed E-state index contributed by atoms with van der Waals surface area (Å²) < 4.78 is 0. The molecule has 2 N–H and O–H groups in total. The van der Waals surface area contributed by atoms with Gasteiger partial charge in [0.1, 0.15) is 16.5 Å². The number of unbranched alkanes of at least 4 members (excludes halogenated alkanes) is 2. The molecular weight excluding hydrogens is 244 g/mol. The van der Waals surface area contributed by atoms with E-state index in [0.29, 0.717) is 10.7 Å². The van der Waals surface area contributed by atoms with E-state index in [4.69, 9.17) is 18.0 Å². The number of rotatable bonds is 8. The molecule has 4 nitrogen and oxygen atoms in total. The number of aromatic nitrogens is 2. The lowest BCUT2D eigenvalue weighted by Crippen LogP contribution is -2.27. The molecule has 0 saturated heterocycles. The lowest BCUT2D eigenvalue weighted by Gasteiger charge is -2.23. The fourth-order valence-electron chi connectivity index (χ4n) is 1.65. The maximum atomic E-state index is 5.52. The van der Waals surface area contributed by atoms with Crippen molar-refractivity contribution in [1.29, 1.82) is 0 Å². The van der Waals surface area contributed by atoms with Crippen LogP contribution in [-0.2, 0) is 0 Å². The molecule has 0 spiro atoms. The second-order valence-electron chi connectivity index (χ2n) is 4.32. The van der Waals surface area contributed by atoms with Crippen LogP contribution in [0.3, 0.4) is 0 Å². The minimum Gasteiger partial charge on any atom is -0.388 e. The van der Waals surface area contributed by atoms with Crippen LogP contribution in [0.5, 0.6) is 0 Å². The fourth-order valence-corrected chi connectivity index (χ4v) is 1.76. The van der Waals surface area contributed by atoms with E-state index in [9.17, 15) is 0 Å². The molecular formula is C13H22N4S. The van der Waals surface area contributed by atoms with Gasteiger partial charge < -0.3 is 10.6 Å². The molecule has 0 saturated carbocycles. The fraction of sp³-hybridized carbons (Fsp3) is 0.615. The molecule has 0 aliphatic carbocycles. The van der Waals surface area contributed by atoms with Crippen molar-refractivity contribution in [3.63, 3.8) is 0 Å². The summed E-state index contributed by atoms with van der Waals surface area (Å²) in [4.78, 5) is 11.2. The summed E-state index contributed by atoms with van der Waals surface area (Å²) in [5, 5.41) is 0. The first-order chi connectivity index (χ1) is 8.69. The minimum atomic E-state index is 0.294. The van der Waals surface area contributed by atoms with Gasteiger partial charge in [-0.1, -0.05) is 38.9 Å². The van der Waals surface area contributed by atoms with Crippen LogP contribution in [-0.4, -0.2) is 28.0 Å². The van der Waals surface area contributed by atoms with E-state index < -0.39 is 0 Å². The number of hydrogen-bond donors (Lipinski definition) is 1. The number of nitrogens with two attached hydrogens (primary N) is 1. The molecule has 1 aromatic rings.